The van der Waals surface area contributed by atoms with Crippen molar-refractivity contribution < 1.29 is 24.2 Å². The first-order valence-corrected chi connectivity index (χ1v) is 31.1. The minimum atomic E-state index is -0.795. The molecule has 0 saturated heterocycles. The predicted octanol–water partition coefficient (Wildman–Crippen LogP) is 21.3. The number of carbonyl (C=O) groups excluding carboxylic acids is 2. The molecule has 0 aliphatic rings. The molecule has 1 unspecified atom stereocenters. The maximum absolute atomic E-state index is 12.3. The monoisotopic (exact) mass is 1000 g/mol. The molecule has 0 amide bonds. The van der Waals surface area contributed by atoms with Crippen LogP contribution in [0.5, 0.6) is 0 Å². The van der Waals surface area contributed by atoms with Crippen LogP contribution in [0, 0.1) is 0 Å². The Balaban J connectivity index is 3.49. The lowest BCUT2D eigenvalue weighted by molar-refractivity contribution is -0.161. The minimum Gasteiger partial charge on any atom is -0.462 e. The Kier molecular flexibility index (Phi) is 59.8. The summed E-state index contributed by atoms with van der Waals surface area (Å²) in [7, 11) is 0. The minimum absolute atomic E-state index is 0.0811. The Bertz CT molecular complexity index is 1320. The first kappa shape index (κ1) is 69.1. The Labute approximate surface area is 447 Å². The number of allylic oxidation sites excluding steroid dienone is 14. The number of ether oxygens (including phenoxy) is 2. The van der Waals surface area contributed by atoms with Gasteiger partial charge in [-0.25, -0.2) is 0 Å². The number of rotatable bonds is 57. The van der Waals surface area contributed by atoms with Crippen LogP contribution in [0.15, 0.2) is 85.1 Å². The van der Waals surface area contributed by atoms with E-state index in [1.165, 1.54) is 193 Å². The summed E-state index contributed by atoms with van der Waals surface area (Å²) in [4.78, 5) is 24.6. The van der Waals surface area contributed by atoms with Crippen LogP contribution in [0.25, 0.3) is 0 Å². The summed E-state index contributed by atoms with van der Waals surface area (Å²) in [5, 5.41) is 9.66. The fraction of sp³-hybridized carbons (Fsp3) is 0.761. The standard InChI is InChI=1S/C67H118O5/c1-3-5-7-9-11-13-15-17-19-21-23-25-27-29-30-31-32-33-34-35-36-38-39-41-43-45-47-49-51-53-55-57-59-61-66(69)71-64-65(63-68)72-67(70)62-60-58-56-54-52-50-48-46-44-42-40-37-28-26-24-22-20-18-16-14-12-10-8-6-4-2/h6,8,12,14,18,20,24,26,37,40,44,46,50,52,65,68H,3-5,7,9-11,13,15-17,19,21-23,25,27-36,38-39,41-43,45,47-49,51,53-64H2,1-2H3/b8-6-,14-12-,20-18-,26-24-,40-37-,46-44-,52-50-. The van der Waals surface area contributed by atoms with Gasteiger partial charge in [0.1, 0.15) is 6.61 Å². The number of esters is 2. The van der Waals surface area contributed by atoms with Gasteiger partial charge in [-0.15, -0.1) is 0 Å². The average molecular weight is 1000 g/mol. The number of aliphatic hydroxyl groups excluding tert-OH is 1. The lowest BCUT2D eigenvalue weighted by Crippen LogP contribution is -2.28. The van der Waals surface area contributed by atoms with Gasteiger partial charge in [0.25, 0.3) is 0 Å². The molecule has 5 heteroatoms. The van der Waals surface area contributed by atoms with Crippen LogP contribution in [-0.4, -0.2) is 36.4 Å². The molecule has 0 saturated carbocycles. The van der Waals surface area contributed by atoms with E-state index in [0.29, 0.717) is 12.8 Å². The number of unbranched alkanes of at least 4 members (excludes halogenated alkanes) is 35. The molecule has 0 rings (SSSR count). The molecule has 1 N–H and O–H groups in total. The van der Waals surface area contributed by atoms with Crippen LogP contribution in [0.3, 0.4) is 0 Å². The van der Waals surface area contributed by atoms with E-state index in [9.17, 15) is 14.7 Å². The maximum atomic E-state index is 12.3. The van der Waals surface area contributed by atoms with Gasteiger partial charge in [0.15, 0.2) is 6.10 Å². The van der Waals surface area contributed by atoms with Crippen molar-refractivity contribution >= 4 is 11.9 Å². The van der Waals surface area contributed by atoms with Gasteiger partial charge >= 0.3 is 11.9 Å². The highest BCUT2D eigenvalue weighted by atomic mass is 16.6. The third-order valence-electron chi connectivity index (χ3n) is 13.7. The van der Waals surface area contributed by atoms with Gasteiger partial charge in [0, 0.05) is 12.8 Å². The van der Waals surface area contributed by atoms with Crippen molar-refractivity contribution in [2.45, 2.75) is 315 Å². The molecule has 0 aromatic heterocycles. The lowest BCUT2D eigenvalue weighted by atomic mass is 10.0. The molecule has 0 aliphatic carbocycles. The van der Waals surface area contributed by atoms with Gasteiger partial charge in [0.2, 0.25) is 0 Å². The normalized spacial score (nSPS) is 12.8. The third kappa shape index (κ3) is 59.6. The van der Waals surface area contributed by atoms with Crippen LogP contribution in [0.2, 0.25) is 0 Å². The summed E-state index contributed by atoms with van der Waals surface area (Å²) < 4.78 is 10.7. The van der Waals surface area contributed by atoms with E-state index in [-0.39, 0.29) is 25.2 Å². The van der Waals surface area contributed by atoms with E-state index in [1.54, 1.807) is 0 Å². The quantitative estimate of drug-likeness (QED) is 0.0373. The fourth-order valence-electron chi connectivity index (χ4n) is 9.07. The summed E-state index contributed by atoms with van der Waals surface area (Å²) in [6.07, 6.45) is 87.3. The van der Waals surface area contributed by atoms with E-state index >= 15 is 0 Å². The van der Waals surface area contributed by atoms with Crippen LogP contribution in [0.4, 0.5) is 0 Å². The molecule has 0 aromatic rings. The molecule has 5 nitrogen and oxygen atoms in total. The fourth-order valence-corrected chi connectivity index (χ4v) is 9.07. The van der Waals surface area contributed by atoms with Crippen LogP contribution >= 0.6 is 0 Å². The summed E-state index contributed by atoms with van der Waals surface area (Å²) in [5.41, 5.74) is 0. The van der Waals surface area contributed by atoms with E-state index in [2.05, 4.69) is 98.9 Å². The van der Waals surface area contributed by atoms with Crippen molar-refractivity contribution in [2.75, 3.05) is 13.2 Å². The van der Waals surface area contributed by atoms with Crippen LogP contribution in [0.1, 0.15) is 309 Å². The van der Waals surface area contributed by atoms with Gasteiger partial charge in [-0.3, -0.25) is 9.59 Å². The highest BCUT2D eigenvalue weighted by Gasteiger charge is 2.16. The van der Waals surface area contributed by atoms with Gasteiger partial charge in [0.05, 0.1) is 6.61 Å². The summed E-state index contributed by atoms with van der Waals surface area (Å²) in [6.45, 7) is 4.03. The second-order valence-corrected chi connectivity index (χ2v) is 20.8. The SMILES string of the molecule is CC/C=C\C/C=C\C/C=C\C/C=C\C/C=C\C/C=C\C/C=C\CCCCCC(=O)OC(CO)COC(=O)CCCCCCCCCCCCCCCCCCCCCCCCCCCCCCCCCCC. The predicted molar refractivity (Wildman–Crippen MR) is 316 cm³/mol. The molecule has 1 atom stereocenters. The van der Waals surface area contributed by atoms with Gasteiger partial charge in [-0.05, 0) is 70.6 Å². The molecule has 0 heterocycles. The molecule has 0 radical (unpaired) electrons. The van der Waals surface area contributed by atoms with Crippen molar-refractivity contribution in [1.29, 1.82) is 0 Å². The number of aliphatic hydroxyl groups is 1. The highest BCUT2D eigenvalue weighted by Crippen LogP contribution is 2.18. The zero-order chi connectivity index (χ0) is 52.0. The molecular formula is C67H118O5. The largest absolute Gasteiger partial charge is 0.462 e. The zero-order valence-corrected chi connectivity index (χ0v) is 47.7. The number of carbonyl (C=O) groups is 2. The highest BCUT2D eigenvalue weighted by molar-refractivity contribution is 5.70. The first-order valence-electron chi connectivity index (χ1n) is 31.1. The number of hydrogen-bond donors (Lipinski definition) is 1. The molecule has 72 heavy (non-hydrogen) atoms. The summed E-state index contributed by atoms with van der Waals surface area (Å²) >= 11 is 0. The van der Waals surface area contributed by atoms with E-state index < -0.39 is 6.10 Å². The molecule has 0 aliphatic heterocycles. The van der Waals surface area contributed by atoms with Gasteiger partial charge in [-0.2, -0.15) is 0 Å². The molecule has 0 bridgehead atoms. The molecule has 0 fully saturated rings. The van der Waals surface area contributed by atoms with Crippen molar-refractivity contribution in [2.24, 2.45) is 0 Å². The second kappa shape index (κ2) is 62.4. The summed E-state index contributed by atoms with van der Waals surface area (Å²) in [6, 6.07) is 0. The average Bonchev–Trinajstić information content (AvgIpc) is 3.38. The third-order valence-corrected chi connectivity index (χ3v) is 13.7. The van der Waals surface area contributed by atoms with Gasteiger partial charge < -0.3 is 14.6 Å². The van der Waals surface area contributed by atoms with Crippen molar-refractivity contribution in [3.05, 3.63) is 85.1 Å². The summed E-state index contributed by atoms with van der Waals surface area (Å²) in [5.74, 6) is -0.621. The smallest absolute Gasteiger partial charge is 0.306 e. The molecule has 416 valence electrons. The molecule has 0 spiro atoms. The Morgan fingerprint density at radius 1 is 0.333 bits per heavy atom. The zero-order valence-electron chi connectivity index (χ0n) is 47.7. The van der Waals surface area contributed by atoms with E-state index in [1.807, 2.05) is 0 Å². The Morgan fingerprint density at radius 3 is 0.903 bits per heavy atom. The Hall–Kier alpha value is -2.92. The second-order valence-electron chi connectivity index (χ2n) is 20.8. The van der Waals surface area contributed by atoms with E-state index in [0.717, 1.165) is 89.9 Å². The Morgan fingerprint density at radius 2 is 0.597 bits per heavy atom. The molecular weight excluding hydrogens is 885 g/mol. The van der Waals surface area contributed by atoms with Crippen LogP contribution < -0.4 is 0 Å². The van der Waals surface area contributed by atoms with E-state index in [4.69, 9.17) is 9.47 Å². The number of hydrogen-bond acceptors (Lipinski definition) is 5. The van der Waals surface area contributed by atoms with Crippen molar-refractivity contribution in [3.63, 3.8) is 0 Å². The molecule has 0 aromatic carbocycles. The first-order chi connectivity index (χ1) is 35.6. The lowest BCUT2D eigenvalue weighted by Gasteiger charge is -2.15. The van der Waals surface area contributed by atoms with Crippen LogP contribution in [-0.2, 0) is 19.1 Å². The van der Waals surface area contributed by atoms with Gasteiger partial charge in [-0.1, -0.05) is 311 Å². The van der Waals surface area contributed by atoms with Crippen molar-refractivity contribution in [3.8, 4) is 0 Å². The topological polar surface area (TPSA) is 72.8 Å². The maximum Gasteiger partial charge on any atom is 0.306 e. The van der Waals surface area contributed by atoms with Crippen molar-refractivity contribution in [1.82, 2.24) is 0 Å².